The molecule has 132 valence electrons. The van der Waals surface area contributed by atoms with Gasteiger partial charge >= 0.3 is 0 Å². The Kier molecular flexibility index (Phi) is 6.70. The second kappa shape index (κ2) is 7.70. The Hall–Kier alpha value is -1.02. The Bertz CT molecular complexity index is 643. The molecule has 0 saturated heterocycles. The highest BCUT2D eigenvalue weighted by atomic mass is 35.5. The van der Waals surface area contributed by atoms with E-state index in [2.05, 4.69) is 4.72 Å². The van der Waals surface area contributed by atoms with Gasteiger partial charge in [0.25, 0.3) is 0 Å². The molecule has 1 saturated carbocycles. The Morgan fingerprint density at radius 1 is 1.17 bits per heavy atom. The van der Waals surface area contributed by atoms with Crippen molar-refractivity contribution in [1.82, 2.24) is 4.72 Å². The first kappa shape index (κ1) is 20.0. The molecule has 0 heterocycles. The van der Waals surface area contributed by atoms with E-state index in [1.807, 2.05) is 0 Å². The van der Waals surface area contributed by atoms with E-state index in [0.29, 0.717) is 23.6 Å². The lowest BCUT2D eigenvalue weighted by Crippen LogP contribution is -2.51. The van der Waals surface area contributed by atoms with E-state index in [-0.39, 0.29) is 17.3 Å². The SMILES string of the molecule is COc1cc(C)c(S(=O)(=O)NC2(CN)CCCC2)cc1OC.Cl. The van der Waals surface area contributed by atoms with Crippen LogP contribution in [0, 0.1) is 6.92 Å². The molecule has 0 radical (unpaired) electrons. The van der Waals surface area contributed by atoms with Crippen LogP contribution in [-0.2, 0) is 10.0 Å². The van der Waals surface area contributed by atoms with E-state index in [0.717, 1.165) is 25.7 Å². The molecule has 2 rings (SSSR count). The molecule has 3 N–H and O–H groups in total. The van der Waals surface area contributed by atoms with E-state index in [1.165, 1.54) is 20.3 Å². The molecule has 1 aliphatic carbocycles. The third-order valence-corrected chi connectivity index (χ3v) is 5.99. The summed E-state index contributed by atoms with van der Waals surface area (Å²) in [4.78, 5) is 0.199. The number of nitrogens with two attached hydrogens (primary N) is 1. The molecule has 6 nitrogen and oxygen atoms in total. The molecule has 0 aromatic heterocycles. The number of halogens is 1. The first-order valence-electron chi connectivity index (χ1n) is 7.34. The number of hydrogen-bond donors (Lipinski definition) is 2. The van der Waals surface area contributed by atoms with Gasteiger partial charge in [0, 0.05) is 18.2 Å². The average molecular weight is 365 g/mol. The summed E-state index contributed by atoms with van der Waals surface area (Å²) in [7, 11) is -0.667. The summed E-state index contributed by atoms with van der Waals surface area (Å²) in [5.74, 6) is 0.898. The number of methoxy groups -OCH3 is 2. The largest absolute Gasteiger partial charge is 0.493 e. The lowest BCUT2D eigenvalue weighted by Gasteiger charge is -2.28. The van der Waals surface area contributed by atoms with Crippen LogP contribution in [-0.4, -0.2) is 34.7 Å². The normalized spacial score (nSPS) is 16.7. The quantitative estimate of drug-likeness (QED) is 0.805. The molecule has 0 amide bonds. The van der Waals surface area contributed by atoms with E-state index in [4.69, 9.17) is 15.2 Å². The van der Waals surface area contributed by atoms with Crippen molar-refractivity contribution in [2.45, 2.75) is 43.0 Å². The Morgan fingerprint density at radius 3 is 2.17 bits per heavy atom. The monoisotopic (exact) mass is 364 g/mol. The lowest BCUT2D eigenvalue weighted by molar-refractivity contribution is 0.353. The van der Waals surface area contributed by atoms with E-state index < -0.39 is 15.6 Å². The molecule has 23 heavy (non-hydrogen) atoms. The number of sulfonamides is 1. The van der Waals surface area contributed by atoms with E-state index in [1.54, 1.807) is 13.0 Å². The zero-order valence-corrected chi connectivity index (χ0v) is 15.4. The van der Waals surface area contributed by atoms with Gasteiger partial charge in [0.2, 0.25) is 10.0 Å². The number of ether oxygens (including phenoxy) is 2. The van der Waals surface area contributed by atoms with Gasteiger partial charge in [-0.05, 0) is 31.4 Å². The van der Waals surface area contributed by atoms with Gasteiger partial charge in [-0.15, -0.1) is 12.4 Å². The van der Waals surface area contributed by atoms with Gasteiger partial charge < -0.3 is 15.2 Å². The predicted molar refractivity (Wildman–Crippen MR) is 92.1 cm³/mol. The summed E-state index contributed by atoms with van der Waals surface area (Å²) in [5.41, 5.74) is 5.90. The molecule has 8 heteroatoms. The standard InChI is InChI=1S/C15H24N2O4S.ClH/c1-11-8-12(20-2)13(21-3)9-14(11)22(18,19)17-15(10-16)6-4-5-7-15;/h8-9,17H,4-7,10,16H2,1-3H3;1H. The second-order valence-corrected chi connectivity index (χ2v) is 7.42. The van der Waals surface area contributed by atoms with Crippen LogP contribution in [0.1, 0.15) is 31.2 Å². The molecule has 0 bridgehead atoms. The second-order valence-electron chi connectivity index (χ2n) is 5.77. The first-order valence-corrected chi connectivity index (χ1v) is 8.82. The van der Waals surface area contributed by atoms with Crippen LogP contribution in [0.4, 0.5) is 0 Å². The molecule has 0 atom stereocenters. The van der Waals surface area contributed by atoms with E-state index in [9.17, 15) is 8.42 Å². The van der Waals surface area contributed by atoms with Crippen molar-refractivity contribution in [3.63, 3.8) is 0 Å². The molecule has 0 unspecified atom stereocenters. The summed E-state index contributed by atoms with van der Waals surface area (Å²) in [6, 6.07) is 3.16. The highest BCUT2D eigenvalue weighted by Gasteiger charge is 2.37. The molecule has 0 aliphatic heterocycles. The molecule has 1 aromatic carbocycles. The molecule has 1 fully saturated rings. The van der Waals surface area contributed by atoms with Crippen LogP contribution in [0.2, 0.25) is 0 Å². The third kappa shape index (κ3) is 4.09. The highest BCUT2D eigenvalue weighted by molar-refractivity contribution is 7.89. The fourth-order valence-corrected chi connectivity index (χ4v) is 4.70. The molecule has 1 aliphatic rings. The summed E-state index contributed by atoms with van der Waals surface area (Å²) in [6.07, 6.45) is 3.53. The van der Waals surface area contributed by atoms with Crippen molar-refractivity contribution in [3.8, 4) is 11.5 Å². The topological polar surface area (TPSA) is 90.7 Å². The number of aryl methyl sites for hydroxylation is 1. The van der Waals surface area contributed by atoms with Gasteiger partial charge in [0.05, 0.1) is 19.1 Å². The summed E-state index contributed by atoms with van der Waals surface area (Å²) < 4.78 is 38.8. The maximum atomic E-state index is 12.8. The predicted octanol–water partition coefficient (Wildman–Crippen LogP) is 1.98. The number of benzene rings is 1. The smallest absolute Gasteiger partial charge is 0.241 e. The number of nitrogens with one attached hydrogen (secondary N) is 1. The minimum Gasteiger partial charge on any atom is -0.493 e. The Morgan fingerprint density at radius 2 is 1.70 bits per heavy atom. The van der Waals surface area contributed by atoms with Crippen molar-refractivity contribution in [2.24, 2.45) is 5.73 Å². The van der Waals surface area contributed by atoms with Crippen molar-refractivity contribution in [2.75, 3.05) is 20.8 Å². The van der Waals surface area contributed by atoms with Gasteiger partial charge in [-0.3, -0.25) is 0 Å². The zero-order valence-electron chi connectivity index (χ0n) is 13.7. The summed E-state index contributed by atoms with van der Waals surface area (Å²) in [6.45, 7) is 2.04. The van der Waals surface area contributed by atoms with Crippen LogP contribution in [0.3, 0.4) is 0 Å². The highest BCUT2D eigenvalue weighted by Crippen LogP contribution is 2.35. The molecule has 0 spiro atoms. The zero-order chi connectivity index (χ0) is 16.4. The molecular formula is C15H25ClN2O4S. The van der Waals surface area contributed by atoms with Crippen LogP contribution in [0.25, 0.3) is 0 Å². The van der Waals surface area contributed by atoms with Crippen LogP contribution < -0.4 is 19.9 Å². The first-order chi connectivity index (χ1) is 10.4. The maximum absolute atomic E-state index is 12.8. The van der Waals surface area contributed by atoms with Gasteiger partial charge in [-0.1, -0.05) is 12.8 Å². The molecule has 1 aromatic rings. The van der Waals surface area contributed by atoms with Crippen molar-refractivity contribution in [3.05, 3.63) is 17.7 Å². The van der Waals surface area contributed by atoms with E-state index >= 15 is 0 Å². The maximum Gasteiger partial charge on any atom is 0.241 e. The fourth-order valence-electron chi connectivity index (χ4n) is 2.99. The Balaban J connectivity index is 0.00000264. The average Bonchev–Trinajstić information content (AvgIpc) is 2.94. The number of rotatable bonds is 6. The number of hydrogen-bond acceptors (Lipinski definition) is 5. The van der Waals surface area contributed by atoms with Gasteiger partial charge in [-0.2, -0.15) is 0 Å². The van der Waals surface area contributed by atoms with Gasteiger partial charge in [0.15, 0.2) is 11.5 Å². The Labute approximate surface area is 144 Å². The van der Waals surface area contributed by atoms with Crippen molar-refractivity contribution >= 4 is 22.4 Å². The minimum atomic E-state index is -3.67. The molecular weight excluding hydrogens is 340 g/mol. The van der Waals surface area contributed by atoms with Crippen molar-refractivity contribution in [1.29, 1.82) is 0 Å². The lowest BCUT2D eigenvalue weighted by atomic mass is 10.0. The summed E-state index contributed by atoms with van der Waals surface area (Å²) >= 11 is 0. The summed E-state index contributed by atoms with van der Waals surface area (Å²) in [5, 5.41) is 0. The van der Waals surface area contributed by atoms with Crippen molar-refractivity contribution < 1.29 is 17.9 Å². The van der Waals surface area contributed by atoms with Crippen LogP contribution in [0.5, 0.6) is 11.5 Å². The van der Waals surface area contributed by atoms with Crippen LogP contribution >= 0.6 is 12.4 Å². The third-order valence-electron chi connectivity index (χ3n) is 4.27. The van der Waals surface area contributed by atoms with Gasteiger partial charge in [-0.25, -0.2) is 13.1 Å². The minimum absolute atomic E-state index is 0. The fraction of sp³-hybridized carbons (Fsp3) is 0.600. The van der Waals surface area contributed by atoms with Crippen LogP contribution in [0.15, 0.2) is 17.0 Å². The van der Waals surface area contributed by atoms with Gasteiger partial charge in [0.1, 0.15) is 0 Å².